The molecule has 1 aromatic heterocycles. The third-order valence-electron chi connectivity index (χ3n) is 2.69. The third kappa shape index (κ3) is 1.44. The molecule has 1 aliphatic heterocycles. The SMILES string of the molecule is Fc1ccc(-n2nnc3c2NCCC3)cc1. The number of nitrogens with zero attached hydrogens (tertiary/aromatic N) is 3. The summed E-state index contributed by atoms with van der Waals surface area (Å²) in [5.41, 5.74) is 1.81. The van der Waals surface area contributed by atoms with Crippen LogP contribution in [0.5, 0.6) is 0 Å². The fraction of sp³-hybridized carbons (Fsp3) is 0.273. The number of nitrogens with one attached hydrogen (secondary N) is 1. The van der Waals surface area contributed by atoms with Crippen molar-refractivity contribution in [2.75, 3.05) is 11.9 Å². The van der Waals surface area contributed by atoms with Gasteiger partial charge in [-0.1, -0.05) is 5.21 Å². The molecule has 0 unspecified atom stereocenters. The first-order chi connectivity index (χ1) is 7.84. The van der Waals surface area contributed by atoms with Gasteiger partial charge in [0.25, 0.3) is 0 Å². The zero-order valence-electron chi connectivity index (χ0n) is 8.65. The molecule has 0 fully saturated rings. The predicted molar refractivity (Wildman–Crippen MR) is 58.1 cm³/mol. The summed E-state index contributed by atoms with van der Waals surface area (Å²) in [6.45, 7) is 0.932. The Kier molecular flexibility index (Phi) is 2.09. The van der Waals surface area contributed by atoms with E-state index in [1.54, 1.807) is 16.8 Å². The lowest BCUT2D eigenvalue weighted by molar-refractivity contribution is 0.627. The number of benzene rings is 1. The zero-order valence-corrected chi connectivity index (χ0v) is 8.65. The van der Waals surface area contributed by atoms with Crippen LogP contribution >= 0.6 is 0 Å². The first-order valence-electron chi connectivity index (χ1n) is 5.29. The van der Waals surface area contributed by atoms with Crippen molar-refractivity contribution in [1.82, 2.24) is 15.0 Å². The molecule has 2 heterocycles. The molecule has 0 atom stereocenters. The average Bonchev–Trinajstić information content (AvgIpc) is 2.74. The van der Waals surface area contributed by atoms with E-state index in [9.17, 15) is 4.39 Å². The second-order valence-corrected chi connectivity index (χ2v) is 3.80. The molecule has 5 heteroatoms. The summed E-state index contributed by atoms with van der Waals surface area (Å²) in [6.07, 6.45) is 2.03. The fourth-order valence-electron chi connectivity index (χ4n) is 1.88. The van der Waals surface area contributed by atoms with Crippen LogP contribution in [0.4, 0.5) is 10.2 Å². The topological polar surface area (TPSA) is 42.7 Å². The summed E-state index contributed by atoms with van der Waals surface area (Å²) < 4.78 is 14.5. The molecular weight excluding hydrogens is 207 g/mol. The molecule has 0 aliphatic carbocycles. The Morgan fingerprint density at radius 3 is 2.88 bits per heavy atom. The van der Waals surface area contributed by atoms with Gasteiger partial charge in [-0.05, 0) is 37.1 Å². The van der Waals surface area contributed by atoms with E-state index in [1.807, 2.05) is 0 Å². The van der Waals surface area contributed by atoms with Crippen LogP contribution in [0.1, 0.15) is 12.1 Å². The molecule has 2 aromatic rings. The first-order valence-corrected chi connectivity index (χ1v) is 5.29. The van der Waals surface area contributed by atoms with E-state index < -0.39 is 0 Å². The number of fused-ring (bicyclic) bond motifs is 1. The largest absolute Gasteiger partial charge is 0.368 e. The minimum absolute atomic E-state index is 0.245. The highest BCUT2D eigenvalue weighted by molar-refractivity contribution is 5.49. The molecule has 0 saturated heterocycles. The summed E-state index contributed by atoms with van der Waals surface area (Å²) >= 11 is 0. The van der Waals surface area contributed by atoms with Crippen molar-refractivity contribution in [3.8, 4) is 5.69 Å². The van der Waals surface area contributed by atoms with Crippen LogP contribution in [-0.4, -0.2) is 21.5 Å². The minimum Gasteiger partial charge on any atom is -0.368 e. The number of hydrogen-bond acceptors (Lipinski definition) is 3. The molecule has 1 N–H and O–H groups in total. The van der Waals surface area contributed by atoms with E-state index >= 15 is 0 Å². The molecule has 16 heavy (non-hydrogen) atoms. The van der Waals surface area contributed by atoms with Crippen LogP contribution in [0.15, 0.2) is 24.3 Å². The third-order valence-corrected chi connectivity index (χ3v) is 2.69. The molecule has 82 valence electrons. The summed E-state index contributed by atoms with van der Waals surface area (Å²) in [5, 5.41) is 11.5. The van der Waals surface area contributed by atoms with Crippen LogP contribution in [0.25, 0.3) is 5.69 Å². The summed E-state index contributed by atoms with van der Waals surface area (Å²) in [4.78, 5) is 0. The quantitative estimate of drug-likeness (QED) is 0.793. The second kappa shape index (κ2) is 3.59. The van der Waals surface area contributed by atoms with E-state index in [0.29, 0.717) is 0 Å². The van der Waals surface area contributed by atoms with Gasteiger partial charge in [-0.15, -0.1) is 5.10 Å². The molecule has 0 saturated carbocycles. The Bertz CT molecular complexity index is 503. The van der Waals surface area contributed by atoms with E-state index in [0.717, 1.165) is 36.6 Å². The van der Waals surface area contributed by atoms with Crippen molar-refractivity contribution >= 4 is 5.82 Å². The van der Waals surface area contributed by atoms with Crippen molar-refractivity contribution in [2.45, 2.75) is 12.8 Å². The van der Waals surface area contributed by atoms with Gasteiger partial charge in [0.2, 0.25) is 0 Å². The van der Waals surface area contributed by atoms with Gasteiger partial charge in [0.1, 0.15) is 11.5 Å². The monoisotopic (exact) mass is 218 g/mol. The minimum atomic E-state index is -0.245. The maximum absolute atomic E-state index is 12.8. The highest BCUT2D eigenvalue weighted by Crippen LogP contribution is 2.22. The van der Waals surface area contributed by atoms with Crippen LogP contribution in [0.3, 0.4) is 0 Å². The first kappa shape index (κ1) is 9.33. The highest BCUT2D eigenvalue weighted by atomic mass is 19.1. The molecule has 1 aromatic carbocycles. The number of hydrogen-bond donors (Lipinski definition) is 1. The lowest BCUT2D eigenvalue weighted by atomic mass is 10.2. The summed E-state index contributed by atoms with van der Waals surface area (Å²) in [7, 11) is 0. The Morgan fingerprint density at radius 2 is 2.06 bits per heavy atom. The van der Waals surface area contributed by atoms with E-state index in [4.69, 9.17) is 0 Å². The van der Waals surface area contributed by atoms with Gasteiger partial charge in [-0.25, -0.2) is 4.39 Å². The standard InChI is InChI=1S/C11H11FN4/c12-8-3-5-9(6-4-8)16-11-10(14-15-16)2-1-7-13-11/h3-6,13H,1-2,7H2. The zero-order chi connectivity index (χ0) is 11.0. The fourth-order valence-corrected chi connectivity index (χ4v) is 1.88. The molecule has 0 amide bonds. The molecule has 1 aliphatic rings. The van der Waals surface area contributed by atoms with Crippen LogP contribution in [-0.2, 0) is 6.42 Å². The van der Waals surface area contributed by atoms with Crippen molar-refractivity contribution < 1.29 is 4.39 Å². The van der Waals surface area contributed by atoms with Gasteiger partial charge in [0.15, 0.2) is 5.82 Å². The van der Waals surface area contributed by atoms with Crippen molar-refractivity contribution in [2.24, 2.45) is 0 Å². The van der Waals surface area contributed by atoms with E-state index in [1.165, 1.54) is 12.1 Å². The average molecular weight is 218 g/mol. The van der Waals surface area contributed by atoms with Gasteiger partial charge in [0, 0.05) is 6.54 Å². The van der Waals surface area contributed by atoms with Crippen LogP contribution in [0.2, 0.25) is 0 Å². The van der Waals surface area contributed by atoms with E-state index in [-0.39, 0.29) is 5.82 Å². The lowest BCUT2D eigenvalue weighted by Gasteiger charge is -2.14. The molecule has 0 spiro atoms. The Labute approximate surface area is 92.1 Å². The van der Waals surface area contributed by atoms with Gasteiger partial charge in [0.05, 0.1) is 5.69 Å². The van der Waals surface area contributed by atoms with Crippen molar-refractivity contribution in [1.29, 1.82) is 0 Å². The smallest absolute Gasteiger partial charge is 0.153 e. The molecule has 0 bridgehead atoms. The Balaban J connectivity index is 2.06. The van der Waals surface area contributed by atoms with E-state index in [2.05, 4.69) is 15.6 Å². The lowest BCUT2D eigenvalue weighted by Crippen LogP contribution is -2.14. The highest BCUT2D eigenvalue weighted by Gasteiger charge is 2.16. The van der Waals surface area contributed by atoms with Crippen molar-refractivity contribution in [3.05, 3.63) is 35.8 Å². The maximum atomic E-state index is 12.8. The number of aryl methyl sites for hydroxylation is 1. The number of rotatable bonds is 1. The molecule has 4 nitrogen and oxygen atoms in total. The van der Waals surface area contributed by atoms with Crippen LogP contribution in [0, 0.1) is 5.82 Å². The Morgan fingerprint density at radius 1 is 1.25 bits per heavy atom. The number of aromatic nitrogens is 3. The molecular formula is C11H11FN4. The summed E-state index contributed by atoms with van der Waals surface area (Å²) in [5.74, 6) is 0.684. The van der Waals surface area contributed by atoms with Gasteiger partial charge < -0.3 is 5.32 Å². The normalized spacial score (nSPS) is 14.3. The maximum Gasteiger partial charge on any atom is 0.153 e. The second-order valence-electron chi connectivity index (χ2n) is 3.80. The van der Waals surface area contributed by atoms with Crippen molar-refractivity contribution in [3.63, 3.8) is 0 Å². The summed E-state index contributed by atoms with van der Waals surface area (Å²) in [6, 6.07) is 6.24. The van der Waals surface area contributed by atoms with Gasteiger partial charge in [-0.2, -0.15) is 4.68 Å². The van der Waals surface area contributed by atoms with Crippen LogP contribution < -0.4 is 5.32 Å². The Hall–Kier alpha value is -1.91. The van der Waals surface area contributed by atoms with Gasteiger partial charge in [-0.3, -0.25) is 0 Å². The molecule has 0 radical (unpaired) electrons. The number of halogens is 1. The number of anilines is 1. The van der Waals surface area contributed by atoms with Gasteiger partial charge >= 0.3 is 0 Å². The molecule has 3 rings (SSSR count). The predicted octanol–water partition coefficient (Wildman–Crippen LogP) is 1.76.